The van der Waals surface area contributed by atoms with Gasteiger partial charge in [0.2, 0.25) is 5.88 Å². The van der Waals surface area contributed by atoms with Gasteiger partial charge in [-0.25, -0.2) is 9.97 Å². The molecule has 21 heavy (non-hydrogen) atoms. The molecule has 0 fully saturated rings. The number of ether oxygens (including phenoxy) is 1. The van der Waals surface area contributed by atoms with Gasteiger partial charge in [0.05, 0.1) is 5.56 Å². The smallest absolute Gasteiger partial charge is 0.227 e. The standard InChI is InChI=1S/C17H21ClN2O/c1-5-7-14-15(18)19-11-20-16(14)21-13-9-6-8-12(10-13)17(2,3)4/h6,8-11H,5,7H2,1-4H3. The van der Waals surface area contributed by atoms with Gasteiger partial charge in [-0.1, -0.05) is 57.8 Å². The van der Waals surface area contributed by atoms with E-state index in [-0.39, 0.29) is 5.41 Å². The highest BCUT2D eigenvalue weighted by Crippen LogP contribution is 2.31. The van der Waals surface area contributed by atoms with Crippen LogP contribution in [-0.2, 0) is 11.8 Å². The van der Waals surface area contributed by atoms with Crippen LogP contribution in [0.15, 0.2) is 30.6 Å². The molecule has 0 spiro atoms. The topological polar surface area (TPSA) is 35.0 Å². The van der Waals surface area contributed by atoms with Crippen molar-refractivity contribution < 1.29 is 4.74 Å². The third-order valence-electron chi connectivity index (χ3n) is 3.27. The predicted molar refractivity (Wildman–Crippen MR) is 86.3 cm³/mol. The van der Waals surface area contributed by atoms with Crippen molar-refractivity contribution in [2.24, 2.45) is 0 Å². The van der Waals surface area contributed by atoms with Crippen molar-refractivity contribution in [2.45, 2.75) is 46.0 Å². The Labute approximate surface area is 131 Å². The maximum Gasteiger partial charge on any atom is 0.227 e. The van der Waals surface area contributed by atoms with E-state index < -0.39 is 0 Å². The zero-order valence-corrected chi connectivity index (χ0v) is 13.7. The summed E-state index contributed by atoms with van der Waals surface area (Å²) in [6, 6.07) is 8.08. The van der Waals surface area contributed by atoms with Crippen molar-refractivity contribution in [2.75, 3.05) is 0 Å². The Balaban J connectivity index is 2.33. The molecule has 0 aliphatic carbocycles. The lowest BCUT2D eigenvalue weighted by Gasteiger charge is -2.20. The van der Waals surface area contributed by atoms with Gasteiger partial charge in [0.15, 0.2) is 0 Å². The number of hydrogen-bond acceptors (Lipinski definition) is 3. The molecule has 0 unspecified atom stereocenters. The molecule has 0 N–H and O–H groups in total. The van der Waals surface area contributed by atoms with Gasteiger partial charge in [0.25, 0.3) is 0 Å². The van der Waals surface area contributed by atoms with Gasteiger partial charge < -0.3 is 4.74 Å². The molecule has 2 rings (SSSR count). The van der Waals surface area contributed by atoms with E-state index in [0.29, 0.717) is 11.0 Å². The molecule has 0 saturated carbocycles. The van der Waals surface area contributed by atoms with E-state index in [2.05, 4.69) is 43.7 Å². The summed E-state index contributed by atoms with van der Waals surface area (Å²) in [5, 5.41) is 0.467. The Bertz CT molecular complexity index is 620. The molecule has 0 aliphatic rings. The van der Waals surface area contributed by atoms with Crippen molar-refractivity contribution in [3.05, 3.63) is 46.9 Å². The first-order chi connectivity index (χ1) is 9.91. The molecule has 0 aliphatic heterocycles. The minimum absolute atomic E-state index is 0.0783. The highest BCUT2D eigenvalue weighted by atomic mass is 35.5. The highest BCUT2D eigenvalue weighted by Gasteiger charge is 2.15. The lowest BCUT2D eigenvalue weighted by molar-refractivity contribution is 0.451. The monoisotopic (exact) mass is 304 g/mol. The van der Waals surface area contributed by atoms with Crippen LogP contribution in [0.5, 0.6) is 11.6 Å². The van der Waals surface area contributed by atoms with Crippen LogP contribution in [0, 0.1) is 0 Å². The summed E-state index contributed by atoms with van der Waals surface area (Å²) in [7, 11) is 0. The number of nitrogens with zero attached hydrogens (tertiary/aromatic N) is 2. The molecule has 1 aromatic heterocycles. The van der Waals surface area contributed by atoms with Gasteiger partial charge in [0.1, 0.15) is 17.2 Å². The van der Waals surface area contributed by atoms with E-state index in [9.17, 15) is 0 Å². The Morgan fingerprint density at radius 3 is 2.62 bits per heavy atom. The quantitative estimate of drug-likeness (QED) is 0.731. The second-order valence-corrected chi connectivity index (χ2v) is 6.44. The molecule has 0 amide bonds. The Kier molecular flexibility index (Phi) is 4.84. The van der Waals surface area contributed by atoms with Crippen LogP contribution in [-0.4, -0.2) is 9.97 Å². The molecular weight excluding hydrogens is 284 g/mol. The van der Waals surface area contributed by atoms with Crippen LogP contribution < -0.4 is 4.74 Å². The van der Waals surface area contributed by atoms with E-state index >= 15 is 0 Å². The lowest BCUT2D eigenvalue weighted by Crippen LogP contribution is -2.10. The molecule has 2 aromatic rings. The van der Waals surface area contributed by atoms with Crippen LogP contribution >= 0.6 is 11.6 Å². The first kappa shape index (κ1) is 15.8. The van der Waals surface area contributed by atoms with Crippen LogP contribution in [0.2, 0.25) is 5.15 Å². The summed E-state index contributed by atoms with van der Waals surface area (Å²) in [5.41, 5.74) is 2.16. The minimum Gasteiger partial charge on any atom is -0.439 e. The number of benzene rings is 1. The van der Waals surface area contributed by atoms with Gasteiger partial charge in [-0.05, 0) is 29.5 Å². The average molecular weight is 305 g/mol. The van der Waals surface area contributed by atoms with Crippen LogP contribution in [0.4, 0.5) is 0 Å². The fourth-order valence-electron chi connectivity index (χ4n) is 2.06. The first-order valence-corrected chi connectivity index (χ1v) is 7.57. The van der Waals surface area contributed by atoms with E-state index in [0.717, 1.165) is 24.2 Å². The van der Waals surface area contributed by atoms with E-state index in [1.165, 1.54) is 11.9 Å². The SMILES string of the molecule is CCCc1c(Cl)ncnc1Oc1cccc(C(C)(C)C)c1. The molecule has 112 valence electrons. The Morgan fingerprint density at radius 2 is 1.95 bits per heavy atom. The highest BCUT2D eigenvalue weighted by molar-refractivity contribution is 6.30. The van der Waals surface area contributed by atoms with Crippen LogP contribution in [0.1, 0.15) is 45.2 Å². The summed E-state index contributed by atoms with van der Waals surface area (Å²) >= 11 is 6.15. The summed E-state index contributed by atoms with van der Waals surface area (Å²) in [6.07, 6.45) is 3.20. The van der Waals surface area contributed by atoms with Crippen molar-refractivity contribution in [1.29, 1.82) is 0 Å². The van der Waals surface area contributed by atoms with Crippen molar-refractivity contribution >= 4 is 11.6 Å². The van der Waals surface area contributed by atoms with Crippen LogP contribution in [0.25, 0.3) is 0 Å². The van der Waals surface area contributed by atoms with E-state index in [4.69, 9.17) is 16.3 Å². The average Bonchev–Trinajstić information content (AvgIpc) is 2.42. The molecule has 1 heterocycles. The number of rotatable bonds is 4. The van der Waals surface area contributed by atoms with Gasteiger partial charge in [-0.15, -0.1) is 0 Å². The zero-order chi connectivity index (χ0) is 15.5. The van der Waals surface area contributed by atoms with Crippen molar-refractivity contribution in [1.82, 2.24) is 9.97 Å². The molecule has 0 saturated heterocycles. The van der Waals surface area contributed by atoms with Gasteiger partial charge >= 0.3 is 0 Å². The maximum absolute atomic E-state index is 6.15. The minimum atomic E-state index is 0.0783. The molecule has 0 radical (unpaired) electrons. The van der Waals surface area contributed by atoms with Gasteiger partial charge in [0, 0.05) is 0 Å². The van der Waals surface area contributed by atoms with E-state index in [1.807, 2.05) is 18.2 Å². The largest absolute Gasteiger partial charge is 0.439 e. The molecule has 1 aromatic carbocycles. The van der Waals surface area contributed by atoms with E-state index in [1.54, 1.807) is 0 Å². The van der Waals surface area contributed by atoms with Gasteiger partial charge in [-0.2, -0.15) is 0 Å². The van der Waals surface area contributed by atoms with Crippen LogP contribution in [0.3, 0.4) is 0 Å². The fraction of sp³-hybridized carbons (Fsp3) is 0.412. The fourth-order valence-corrected chi connectivity index (χ4v) is 2.28. The Morgan fingerprint density at radius 1 is 1.19 bits per heavy atom. The molecular formula is C17H21ClN2O. The third-order valence-corrected chi connectivity index (χ3v) is 3.59. The number of halogens is 1. The second-order valence-electron chi connectivity index (χ2n) is 6.08. The molecule has 0 atom stereocenters. The maximum atomic E-state index is 6.15. The molecule has 0 bridgehead atoms. The molecule has 3 nitrogen and oxygen atoms in total. The summed E-state index contributed by atoms with van der Waals surface area (Å²) in [4.78, 5) is 8.26. The third kappa shape index (κ3) is 3.94. The Hall–Kier alpha value is -1.61. The molecule has 4 heteroatoms. The first-order valence-electron chi connectivity index (χ1n) is 7.19. The van der Waals surface area contributed by atoms with Crippen molar-refractivity contribution in [3.63, 3.8) is 0 Å². The van der Waals surface area contributed by atoms with Gasteiger partial charge in [-0.3, -0.25) is 0 Å². The summed E-state index contributed by atoms with van der Waals surface area (Å²) in [6.45, 7) is 8.62. The normalized spacial score (nSPS) is 11.5. The number of hydrogen-bond donors (Lipinski definition) is 0. The predicted octanol–water partition coefficient (Wildman–Crippen LogP) is 5.17. The number of aromatic nitrogens is 2. The summed E-state index contributed by atoms with van der Waals surface area (Å²) < 4.78 is 5.94. The van der Waals surface area contributed by atoms with Crippen molar-refractivity contribution in [3.8, 4) is 11.6 Å². The lowest BCUT2D eigenvalue weighted by atomic mass is 9.87. The zero-order valence-electron chi connectivity index (χ0n) is 13.0. The second kappa shape index (κ2) is 6.44. The summed E-state index contributed by atoms with van der Waals surface area (Å²) in [5.74, 6) is 1.32.